The number of carboxylic acids is 1. The van der Waals surface area contributed by atoms with Crippen LogP contribution in [0.15, 0.2) is 0 Å². The molecule has 2 atom stereocenters. The monoisotopic (exact) mass is 298 g/mol. The van der Waals surface area contributed by atoms with E-state index in [-0.39, 0.29) is 25.0 Å². The molecule has 1 saturated carbocycles. The largest absolute Gasteiger partial charge is 0.480 e. The van der Waals surface area contributed by atoms with Crippen LogP contribution in [-0.4, -0.2) is 63.3 Å². The Balaban J connectivity index is 2.14. The van der Waals surface area contributed by atoms with Gasteiger partial charge in [0.05, 0.1) is 6.10 Å². The number of aliphatic hydroxyl groups excluding tert-OH is 1. The van der Waals surface area contributed by atoms with Gasteiger partial charge >= 0.3 is 12.0 Å². The molecule has 6 heteroatoms. The van der Waals surface area contributed by atoms with Crippen LogP contribution in [0.2, 0.25) is 0 Å². The molecule has 120 valence electrons. The Morgan fingerprint density at radius 1 is 1.29 bits per heavy atom. The maximum atomic E-state index is 12.8. The highest BCUT2D eigenvalue weighted by Crippen LogP contribution is 2.28. The molecule has 1 heterocycles. The molecule has 0 bridgehead atoms. The SMILES string of the molecule is CC(C)CN(C(=O)N1C[C@@H](O)C[C@H]1C(=O)O)C1CCCC1. The first kappa shape index (κ1) is 16.1. The van der Waals surface area contributed by atoms with Gasteiger partial charge in [-0.2, -0.15) is 0 Å². The lowest BCUT2D eigenvalue weighted by atomic mass is 10.1. The molecule has 0 aromatic carbocycles. The van der Waals surface area contributed by atoms with Gasteiger partial charge in [0.2, 0.25) is 0 Å². The molecule has 1 aliphatic carbocycles. The second-order valence-corrected chi connectivity index (χ2v) is 6.66. The number of urea groups is 1. The number of carbonyl (C=O) groups is 2. The number of carbonyl (C=O) groups excluding carboxylic acids is 1. The minimum absolute atomic E-state index is 0.122. The molecule has 21 heavy (non-hydrogen) atoms. The third kappa shape index (κ3) is 3.67. The summed E-state index contributed by atoms with van der Waals surface area (Å²) in [4.78, 5) is 27.3. The van der Waals surface area contributed by atoms with Gasteiger partial charge in [0.15, 0.2) is 0 Å². The molecule has 0 spiro atoms. The zero-order chi connectivity index (χ0) is 15.6. The molecule has 2 rings (SSSR count). The molecular formula is C15H26N2O4. The molecule has 0 aromatic rings. The maximum Gasteiger partial charge on any atom is 0.326 e. The van der Waals surface area contributed by atoms with E-state index in [9.17, 15) is 19.8 Å². The van der Waals surface area contributed by atoms with E-state index in [1.807, 2.05) is 4.90 Å². The Kier molecular flexibility index (Phi) is 5.08. The number of rotatable bonds is 4. The number of amides is 2. The summed E-state index contributed by atoms with van der Waals surface area (Å²) >= 11 is 0. The van der Waals surface area contributed by atoms with Crippen LogP contribution in [0.5, 0.6) is 0 Å². The topological polar surface area (TPSA) is 81.1 Å². The normalized spacial score (nSPS) is 26.6. The summed E-state index contributed by atoms with van der Waals surface area (Å²) in [7, 11) is 0. The van der Waals surface area contributed by atoms with Crippen LogP contribution < -0.4 is 0 Å². The van der Waals surface area contributed by atoms with Gasteiger partial charge in [-0.3, -0.25) is 0 Å². The van der Waals surface area contributed by atoms with E-state index in [4.69, 9.17) is 0 Å². The summed E-state index contributed by atoms with van der Waals surface area (Å²) < 4.78 is 0. The fraction of sp³-hybridized carbons (Fsp3) is 0.867. The fourth-order valence-corrected chi connectivity index (χ4v) is 3.42. The number of likely N-dealkylation sites (tertiary alicyclic amines) is 1. The molecule has 2 N–H and O–H groups in total. The van der Waals surface area contributed by atoms with Gasteiger partial charge in [-0.25, -0.2) is 9.59 Å². The van der Waals surface area contributed by atoms with Gasteiger partial charge in [0.1, 0.15) is 6.04 Å². The minimum atomic E-state index is -1.03. The van der Waals surface area contributed by atoms with Crippen LogP contribution in [-0.2, 0) is 4.79 Å². The second-order valence-electron chi connectivity index (χ2n) is 6.66. The Bertz CT molecular complexity index is 393. The van der Waals surface area contributed by atoms with Crippen molar-refractivity contribution in [2.24, 2.45) is 5.92 Å². The van der Waals surface area contributed by atoms with Crippen molar-refractivity contribution >= 4 is 12.0 Å². The molecule has 0 aromatic heterocycles. The summed E-state index contributed by atoms with van der Waals surface area (Å²) in [6.45, 7) is 4.88. The molecule has 0 unspecified atom stereocenters. The van der Waals surface area contributed by atoms with E-state index in [1.54, 1.807) is 0 Å². The number of hydrogen-bond donors (Lipinski definition) is 2. The first-order valence-corrected chi connectivity index (χ1v) is 7.88. The van der Waals surface area contributed by atoms with E-state index in [0.717, 1.165) is 25.7 Å². The molecule has 0 radical (unpaired) electrons. The quantitative estimate of drug-likeness (QED) is 0.824. The minimum Gasteiger partial charge on any atom is -0.480 e. The first-order chi connectivity index (χ1) is 9.90. The van der Waals surface area contributed by atoms with Gasteiger partial charge in [0, 0.05) is 25.6 Å². The average Bonchev–Trinajstić information content (AvgIpc) is 3.03. The van der Waals surface area contributed by atoms with Crippen molar-refractivity contribution in [3.63, 3.8) is 0 Å². The maximum absolute atomic E-state index is 12.8. The highest BCUT2D eigenvalue weighted by atomic mass is 16.4. The van der Waals surface area contributed by atoms with Crippen LogP contribution in [0.4, 0.5) is 4.79 Å². The van der Waals surface area contributed by atoms with E-state index < -0.39 is 18.1 Å². The number of carboxylic acid groups (broad SMARTS) is 1. The van der Waals surface area contributed by atoms with Crippen molar-refractivity contribution in [3.8, 4) is 0 Å². The molecule has 2 fully saturated rings. The molecule has 1 saturated heterocycles. The molecule has 2 aliphatic rings. The van der Waals surface area contributed by atoms with E-state index >= 15 is 0 Å². The van der Waals surface area contributed by atoms with Crippen molar-refractivity contribution in [2.45, 2.75) is 64.1 Å². The standard InChI is InChI=1S/C15H26N2O4/c1-10(2)8-16(11-5-3-4-6-11)15(21)17-9-12(18)7-13(17)14(19)20/h10-13,18H,3-9H2,1-2H3,(H,19,20)/t12-,13-/m0/s1. The molecule has 2 amide bonds. The zero-order valence-electron chi connectivity index (χ0n) is 12.9. The van der Waals surface area contributed by atoms with Crippen molar-refractivity contribution in [2.75, 3.05) is 13.1 Å². The van der Waals surface area contributed by atoms with Gasteiger partial charge in [-0.05, 0) is 18.8 Å². The number of aliphatic hydroxyl groups is 1. The number of hydrogen-bond acceptors (Lipinski definition) is 3. The Labute approximate surface area is 125 Å². The number of β-amino-alcohol motifs (C(OH)–C–C–N with tert-alkyl or cyclic N) is 1. The van der Waals surface area contributed by atoms with Crippen molar-refractivity contribution < 1.29 is 19.8 Å². The molecular weight excluding hydrogens is 272 g/mol. The lowest BCUT2D eigenvalue weighted by molar-refractivity contribution is -0.141. The molecule has 6 nitrogen and oxygen atoms in total. The lowest BCUT2D eigenvalue weighted by Crippen LogP contribution is -2.52. The van der Waals surface area contributed by atoms with Crippen LogP contribution in [0.25, 0.3) is 0 Å². The second kappa shape index (κ2) is 6.64. The summed E-state index contributed by atoms with van der Waals surface area (Å²) in [6.07, 6.45) is 3.62. The van der Waals surface area contributed by atoms with Gasteiger partial charge in [-0.1, -0.05) is 26.7 Å². The third-order valence-corrected chi connectivity index (χ3v) is 4.38. The van der Waals surface area contributed by atoms with Crippen LogP contribution in [0, 0.1) is 5.92 Å². The third-order valence-electron chi connectivity index (χ3n) is 4.38. The van der Waals surface area contributed by atoms with Crippen molar-refractivity contribution in [3.05, 3.63) is 0 Å². The van der Waals surface area contributed by atoms with Crippen molar-refractivity contribution in [1.29, 1.82) is 0 Å². The molecule has 1 aliphatic heterocycles. The van der Waals surface area contributed by atoms with Crippen LogP contribution >= 0.6 is 0 Å². The summed E-state index contributed by atoms with van der Waals surface area (Å²) in [5, 5.41) is 19.0. The summed E-state index contributed by atoms with van der Waals surface area (Å²) in [5.41, 5.74) is 0. The highest BCUT2D eigenvalue weighted by Gasteiger charge is 2.42. The van der Waals surface area contributed by atoms with Gasteiger partial charge in [0.25, 0.3) is 0 Å². The summed E-state index contributed by atoms with van der Waals surface area (Å²) in [5.74, 6) is -0.693. The lowest BCUT2D eigenvalue weighted by Gasteiger charge is -2.35. The Morgan fingerprint density at radius 3 is 2.43 bits per heavy atom. The Morgan fingerprint density at radius 2 is 1.90 bits per heavy atom. The first-order valence-electron chi connectivity index (χ1n) is 7.88. The van der Waals surface area contributed by atoms with E-state index in [1.165, 1.54) is 4.90 Å². The van der Waals surface area contributed by atoms with E-state index in [0.29, 0.717) is 12.5 Å². The average molecular weight is 298 g/mol. The smallest absolute Gasteiger partial charge is 0.326 e. The van der Waals surface area contributed by atoms with Crippen LogP contribution in [0.1, 0.15) is 46.0 Å². The van der Waals surface area contributed by atoms with Gasteiger partial charge in [-0.15, -0.1) is 0 Å². The van der Waals surface area contributed by atoms with Crippen molar-refractivity contribution in [1.82, 2.24) is 9.80 Å². The predicted molar refractivity (Wildman–Crippen MR) is 77.9 cm³/mol. The fourth-order valence-electron chi connectivity index (χ4n) is 3.42. The number of aliphatic carboxylic acids is 1. The van der Waals surface area contributed by atoms with E-state index in [2.05, 4.69) is 13.8 Å². The van der Waals surface area contributed by atoms with Gasteiger partial charge < -0.3 is 20.0 Å². The number of nitrogens with zero attached hydrogens (tertiary/aromatic N) is 2. The Hall–Kier alpha value is -1.30. The van der Waals surface area contributed by atoms with Crippen LogP contribution in [0.3, 0.4) is 0 Å². The zero-order valence-corrected chi connectivity index (χ0v) is 12.9. The highest BCUT2D eigenvalue weighted by molar-refractivity contribution is 5.83. The predicted octanol–water partition coefficient (Wildman–Crippen LogP) is 1.53. The summed E-state index contributed by atoms with van der Waals surface area (Å²) in [6, 6.07) is -0.907.